The number of amides is 4. The van der Waals surface area contributed by atoms with Gasteiger partial charge in [-0.3, -0.25) is 19.2 Å². The van der Waals surface area contributed by atoms with Crippen molar-refractivity contribution in [3.8, 4) is 0 Å². The molecular formula is C26H27N5O6. The molecule has 0 saturated carbocycles. The van der Waals surface area contributed by atoms with Gasteiger partial charge in [0.25, 0.3) is 17.6 Å². The van der Waals surface area contributed by atoms with E-state index in [1.807, 2.05) is 6.07 Å². The van der Waals surface area contributed by atoms with Crippen molar-refractivity contribution in [2.75, 3.05) is 31.5 Å². The van der Waals surface area contributed by atoms with E-state index in [1.54, 1.807) is 54.3 Å². The minimum Gasteiger partial charge on any atom is -0.481 e. The molecule has 2 aromatic carbocycles. The van der Waals surface area contributed by atoms with E-state index in [-0.39, 0.29) is 37.0 Å². The van der Waals surface area contributed by atoms with Crippen LogP contribution in [0.3, 0.4) is 0 Å². The lowest BCUT2D eigenvalue weighted by atomic mass is 10.1. The summed E-state index contributed by atoms with van der Waals surface area (Å²) in [7, 11) is 0. The Hall–Kier alpha value is -4.67. The molecule has 3 aromatic rings. The van der Waals surface area contributed by atoms with E-state index in [2.05, 4.69) is 15.6 Å². The number of aliphatic carboxylic acids is 1. The third-order valence-electron chi connectivity index (χ3n) is 6.22. The number of hydrogen-bond donors (Lipinski definition) is 4. The topological polar surface area (TPSA) is 152 Å². The Morgan fingerprint density at radius 3 is 2.49 bits per heavy atom. The summed E-state index contributed by atoms with van der Waals surface area (Å²) < 4.78 is 0. The van der Waals surface area contributed by atoms with Crippen LogP contribution in [0.15, 0.2) is 54.7 Å². The van der Waals surface area contributed by atoms with Crippen LogP contribution in [-0.4, -0.2) is 81.7 Å². The van der Waals surface area contributed by atoms with Crippen molar-refractivity contribution in [3.05, 3.63) is 65.9 Å². The Bertz CT molecular complexity index is 1350. The minimum atomic E-state index is -1.03. The Morgan fingerprint density at radius 1 is 1.03 bits per heavy atom. The summed E-state index contributed by atoms with van der Waals surface area (Å²) in [5.41, 5.74) is 1.57. The predicted octanol–water partition coefficient (Wildman–Crippen LogP) is 2.32. The monoisotopic (exact) mass is 505 g/mol. The first-order valence-corrected chi connectivity index (χ1v) is 11.8. The Balaban J connectivity index is 1.43. The summed E-state index contributed by atoms with van der Waals surface area (Å²) in [5.74, 6) is -2.50. The van der Waals surface area contributed by atoms with Crippen LogP contribution in [0.25, 0.3) is 10.9 Å². The van der Waals surface area contributed by atoms with Gasteiger partial charge in [0.05, 0.1) is 23.2 Å². The molecule has 0 bridgehead atoms. The molecule has 192 valence electrons. The van der Waals surface area contributed by atoms with Crippen LogP contribution in [-0.2, 0) is 9.59 Å². The summed E-state index contributed by atoms with van der Waals surface area (Å²) in [4.78, 5) is 68.0. The number of aromatic nitrogens is 1. The molecule has 11 heteroatoms. The zero-order valence-electron chi connectivity index (χ0n) is 20.2. The van der Waals surface area contributed by atoms with Crippen LogP contribution < -0.4 is 10.6 Å². The average molecular weight is 506 g/mol. The second-order valence-electron chi connectivity index (χ2n) is 8.75. The molecule has 1 saturated heterocycles. The van der Waals surface area contributed by atoms with Crippen molar-refractivity contribution in [1.29, 1.82) is 0 Å². The molecule has 4 rings (SSSR count). The molecule has 4 amide bonds. The molecule has 1 atom stereocenters. The van der Waals surface area contributed by atoms with Crippen molar-refractivity contribution >= 4 is 46.2 Å². The van der Waals surface area contributed by atoms with E-state index in [9.17, 15) is 24.0 Å². The van der Waals surface area contributed by atoms with E-state index in [0.29, 0.717) is 35.2 Å². The SMILES string of the molecule is CC1CN(C(=O)c2ccccc2)CCN1C(=O)C(=O)c1c[nH]c2c(NC(=O)NCCC(=O)O)cccc12. The number of piperazine rings is 1. The average Bonchev–Trinajstić information content (AvgIpc) is 3.33. The van der Waals surface area contributed by atoms with Gasteiger partial charge < -0.3 is 30.5 Å². The van der Waals surface area contributed by atoms with Gasteiger partial charge in [0.1, 0.15) is 0 Å². The number of Topliss-reactive ketones (excluding diaryl/α,β-unsaturated/α-hetero) is 1. The highest BCUT2D eigenvalue weighted by Gasteiger charge is 2.34. The summed E-state index contributed by atoms with van der Waals surface area (Å²) in [6, 6.07) is 12.9. The minimum absolute atomic E-state index is 0.0392. The zero-order chi connectivity index (χ0) is 26.5. The Kier molecular flexibility index (Phi) is 7.52. The number of ketones is 1. The lowest BCUT2D eigenvalue weighted by Gasteiger charge is -2.39. The largest absolute Gasteiger partial charge is 0.481 e. The van der Waals surface area contributed by atoms with Gasteiger partial charge in [-0.1, -0.05) is 30.3 Å². The zero-order valence-corrected chi connectivity index (χ0v) is 20.2. The number of hydrogen-bond acceptors (Lipinski definition) is 5. The lowest BCUT2D eigenvalue weighted by Crippen LogP contribution is -2.56. The summed E-state index contributed by atoms with van der Waals surface area (Å²) in [6.07, 6.45) is 1.21. The summed E-state index contributed by atoms with van der Waals surface area (Å²) in [5, 5.41) is 14.2. The van der Waals surface area contributed by atoms with Gasteiger partial charge in [0.15, 0.2) is 0 Å². The van der Waals surface area contributed by atoms with Crippen molar-refractivity contribution in [3.63, 3.8) is 0 Å². The molecule has 4 N–H and O–H groups in total. The number of H-pyrrole nitrogens is 1. The number of carboxylic acid groups (broad SMARTS) is 1. The van der Waals surface area contributed by atoms with Gasteiger partial charge in [-0.2, -0.15) is 0 Å². The van der Waals surface area contributed by atoms with Gasteiger partial charge in [-0.15, -0.1) is 0 Å². The van der Waals surface area contributed by atoms with Crippen LogP contribution in [0.4, 0.5) is 10.5 Å². The Morgan fingerprint density at radius 2 is 1.78 bits per heavy atom. The first-order chi connectivity index (χ1) is 17.8. The second kappa shape index (κ2) is 10.9. The number of urea groups is 1. The normalized spacial score (nSPS) is 15.3. The first kappa shape index (κ1) is 25.4. The smallest absolute Gasteiger partial charge is 0.319 e. The van der Waals surface area contributed by atoms with Crippen LogP contribution in [0, 0.1) is 0 Å². The number of rotatable bonds is 7. The predicted molar refractivity (Wildman–Crippen MR) is 135 cm³/mol. The van der Waals surface area contributed by atoms with Gasteiger partial charge >= 0.3 is 12.0 Å². The molecule has 37 heavy (non-hydrogen) atoms. The van der Waals surface area contributed by atoms with E-state index in [0.717, 1.165) is 0 Å². The number of benzene rings is 2. The third kappa shape index (κ3) is 5.61. The molecule has 0 spiro atoms. The molecule has 0 aliphatic carbocycles. The molecule has 2 heterocycles. The molecule has 1 aromatic heterocycles. The van der Waals surface area contributed by atoms with Gasteiger partial charge in [0, 0.05) is 49.4 Å². The maximum atomic E-state index is 13.2. The summed E-state index contributed by atoms with van der Waals surface area (Å²) in [6.45, 7) is 2.62. The summed E-state index contributed by atoms with van der Waals surface area (Å²) >= 11 is 0. The van der Waals surface area contributed by atoms with E-state index in [4.69, 9.17) is 5.11 Å². The van der Waals surface area contributed by atoms with Crippen molar-refractivity contribution in [2.45, 2.75) is 19.4 Å². The van der Waals surface area contributed by atoms with E-state index < -0.39 is 23.7 Å². The van der Waals surface area contributed by atoms with Crippen LogP contribution in [0.1, 0.15) is 34.1 Å². The molecular weight excluding hydrogens is 478 g/mol. The highest BCUT2D eigenvalue weighted by molar-refractivity contribution is 6.45. The quantitative estimate of drug-likeness (QED) is 0.286. The third-order valence-corrected chi connectivity index (χ3v) is 6.22. The number of anilines is 1. The van der Waals surface area contributed by atoms with Gasteiger partial charge in [0.2, 0.25) is 0 Å². The number of nitrogens with zero attached hydrogens (tertiary/aromatic N) is 2. The fraction of sp³-hybridized carbons (Fsp3) is 0.269. The fourth-order valence-corrected chi connectivity index (χ4v) is 4.35. The standard InChI is InChI=1S/C26H27N5O6/c1-16-15-30(24(35)17-6-3-2-4-7-17)12-13-31(16)25(36)23(34)19-14-28-22-18(19)8-5-9-20(22)29-26(37)27-11-10-21(32)33/h2-9,14,16,28H,10-13,15H2,1H3,(H,32,33)(H2,27,29,37). The van der Waals surface area contributed by atoms with Crippen LogP contribution >= 0.6 is 0 Å². The maximum absolute atomic E-state index is 13.2. The number of nitrogens with one attached hydrogen (secondary N) is 3. The fourth-order valence-electron chi connectivity index (χ4n) is 4.35. The van der Waals surface area contributed by atoms with Gasteiger partial charge in [-0.25, -0.2) is 4.79 Å². The van der Waals surface area contributed by atoms with E-state index >= 15 is 0 Å². The number of carboxylic acids is 1. The molecule has 1 aliphatic rings. The van der Waals surface area contributed by atoms with Crippen LogP contribution in [0.2, 0.25) is 0 Å². The van der Waals surface area contributed by atoms with Crippen molar-refractivity contribution in [1.82, 2.24) is 20.1 Å². The number of carbonyl (C=O) groups excluding carboxylic acids is 4. The molecule has 1 unspecified atom stereocenters. The van der Waals surface area contributed by atoms with E-state index in [1.165, 1.54) is 11.1 Å². The maximum Gasteiger partial charge on any atom is 0.319 e. The van der Waals surface area contributed by atoms with Gasteiger partial charge in [-0.05, 0) is 25.1 Å². The van der Waals surface area contributed by atoms with Crippen molar-refractivity contribution < 1.29 is 29.1 Å². The first-order valence-electron chi connectivity index (χ1n) is 11.8. The second-order valence-corrected chi connectivity index (χ2v) is 8.75. The highest BCUT2D eigenvalue weighted by Crippen LogP contribution is 2.26. The molecule has 1 aliphatic heterocycles. The Labute approximate surface area is 212 Å². The number of aromatic amines is 1. The highest BCUT2D eigenvalue weighted by atomic mass is 16.4. The molecule has 0 radical (unpaired) electrons. The number of fused-ring (bicyclic) bond motifs is 1. The van der Waals surface area contributed by atoms with Crippen molar-refractivity contribution in [2.24, 2.45) is 0 Å². The number of para-hydroxylation sites is 1. The molecule has 1 fully saturated rings. The lowest BCUT2D eigenvalue weighted by molar-refractivity contribution is -0.136. The molecule has 11 nitrogen and oxygen atoms in total. The number of carbonyl (C=O) groups is 5. The van der Waals surface area contributed by atoms with Crippen LogP contribution in [0.5, 0.6) is 0 Å².